The number of anilines is 2. The second kappa shape index (κ2) is 13.8. The van der Waals surface area contributed by atoms with Crippen LogP contribution in [0.2, 0.25) is 0 Å². The Morgan fingerprint density at radius 2 is 1.22 bits per heavy atom. The first-order valence-electron chi connectivity index (χ1n) is 12.5. The van der Waals surface area contributed by atoms with Crippen molar-refractivity contribution < 1.29 is 22.4 Å². The number of unbranched alkanes of at least 4 members (excludes halogenated alkanes) is 4. The molecule has 3 N–H and O–H groups in total. The molecule has 0 fully saturated rings. The summed E-state index contributed by atoms with van der Waals surface area (Å²) < 4.78 is 45.6. The molecule has 7 nitrogen and oxygen atoms in total. The molecule has 36 heavy (non-hydrogen) atoms. The number of hydrogen-bond donors (Lipinski definition) is 3. The molecule has 8 heteroatoms. The van der Waals surface area contributed by atoms with Gasteiger partial charge in [-0.3, -0.25) is 4.55 Å². The van der Waals surface area contributed by atoms with Crippen LogP contribution in [0.4, 0.5) is 11.4 Å². The van der Waals surface area contributed by atoms with Gasteiger partial charge in [-0.25, -0.2) is 0 Å². The molecule has 0 bridgehead atoms. The Balaban J connectivity index is 1.77. The maximum Gasteiger partial charge on any atom is 0.298 e. The molecular formula is C28H36N2O5S. The van der Waals surface area contributed by atoms with Crippen LogP contribution in [0.25, 0.3) is 0 Å². The van der Waals surface area contributed by atoms with E-state index in [1.807, 2.05) is 36.4 Å². The van der Waals surface area contributed by atoms with E-state index in [-0.39, 0.29) is 10.6 Å². The Bertz CT molecular complexity index is 1210. The Morgan fingerprint density at radius 3 is 1.75 bits per heavy atom. The fourth-order valence-corrected chi connectivity index (χ4v) is 4.26. The molecule has 0 radical (unpaired) electrons. The van der Waals surface area contributed by atoms with Crippen LogP contribution in [0.1, 0.15) is 52.4 Å². The maximum atomic E-state index is 12.0. The van der Waals surface area contributed by atoms with Crippen LogP contribution in [0.3, 0.4) is 0 Å². The molecule has 3 aromatic carbocycles. The van der Waals surface area contributed by atoms with Gasteiger partial charge in [0.25, 0.3) is 10.1 Å². The van der Waals surface area contributed by atoms with Crippen LogP contribution in [0.15, 0.2) is 71.6 Å². The van der Waals surface area contributed by atoms with Crippen LogP contribution in [0, 0.1) is 0 Å². The van der Waals surface area contributed by atoms with Gasteiger partial charge in [-0.1, -0.05) is 51.7 Å². The van der Waals surface area contributed by atoms with Gasteiger partial charge in [-0.15, -0.1) is 0 Å². The van der Waals surface area contributed by atoms with Crippen LogP contribution in [0.5, 0.6) is 23.0 Å². The van der Waals surface area contributed by atoms with Crippen molar-refractivity contribution in [3.63, 3.8) is 0 Å². The van der Waals surface area contributed by atoms with E-state index >= 15 is 0 Å². The summed E-state index contributed by atoms with van der Waals surface area (Å²) in [5.41, 5.74) is 1.81. The largest absolute Gasteiger partial charge is 0.457 e. The van der Waals surface area contributed by atoms with Crippen LogP contribution >= 0.6 is 0 Å². The molecule has 0 amide bonds. The van der Waals surface area contributed by atoms with Gasteiger partial charge in [-0.2, -0.15) is 8.42 Å². The molecular weight excluding hydrogens is 476 g/mol. The normalized spacial score (nSPS) is 11.2. The predicted molar refractivity (Wildman–Crippen MR) is 145 cm³/mol. The molecule has 0 saturated heterocycles. The van der Waals surface area contributed by atoms with E-state index < -0.39 is 10.1 Å². The Kier molecular flexibility index (Phi) is 10.5. The van der Waals surface area contributed by atoms with Crippen molar-refractivity contribution in [2.45, 2.75) is 57.3 Å². The van der Waals surface area contributed by atoms with E-state index in [1.165, 1.54) is 24.6 Å². The van der Waals surface area contributed by atoms with Crippen LogP contribution in [-0.2, 0) is 10.1 Å². The quantitative estimate of drug-likeness (QED) is 0.142. The lowest BCUT2D eigenvalue weighted by Gasteiger charge is -2.14. The fraction of sp³-hybridized carbons (Fsp3) is 0.357. The van der Waals surface area contributed by atoms with Gasteiger partial charge in [0.1, 0.15) is 22.1 Å². The summed E-state index contributed by atoms with van der Waals surface area (Å²) in [6.07, 6.45) is 6.77. The van der Waals surface area contributed by atoms with E-state index in [4.69, 9.17) is 9.47 Å². The average molecular weight is 513 g/mol. The van der Waals surface area contributed by atoms with Crippen molar-refractivity contribution in [1.82, 2.24) is 0 Å². The highest BCUT2D eigenvalue weighted by Crippen LogP contribution is 2.35. The van der Waals surface area contributed by atoms with E-state index in [0.29, 0.717) is 17.2 Å². The van der Waals surface area contributed by atoms with Gasteiger partial charge in [0.05, 0.1) is 0 Å². The van der Waals surface area contributed by atoms with Crippen LogP contribution in [-0.4, -0.2) is 26.1 Å². The highest BCUT2D eigenvalue weighted by Gasteiger charge is 2.19. The van der Waals surface area contributed by atoms with Gasteiger partial charge >= 0.3 is 0 Å². The molecule has 0 unspecified atom stereocenters. The van der Waals surface area contributed by atoms with Gasteiger partial charge in [0, 0.05) is 42.7 Å². The monoisotopic (exact) mass is 512 g/mol. The minimum Gasteiger partial charge on any atom is -0.457 e. The summed E-state index contributed by atoms with van der Waals surface area (Å²) in [7, 11) is -4.50. The zero-order chi connectivity index (χ0) is 25.8. The Morgan fingerprint density at radius 1 is 0.694 bits per heavy atom. The van der Waals surface area contributed by atoms with E-state index in [1.54, 1.807) is 12.1 Å². The van der Waals surface area contributed by atoms with Gasteiger partial charge in [-0.05, 0) is 49.2 Å². The molecule has 3 rings (SSSR count). The van der Waals surface area contributed by atoms with Crippen molar-refractivity contribution in [3.05, 3.63) is 66.7 Å². The third-order valence-electron chi connectivity index (χ3n) is 5.54. The first kappa shape index (κ1) is 27.4. The molecule has 3 aromatic rings. The predicted octanol–water partition coefficient (Wildman–Crippen LogP) is 7.72. The number of nitrogens with one attached hydrogen (secondary N) is 2. The van der Waals surface area contributed by atoms with Crippen LogP contribution < -0.4 is 20.1 Å². The molecule has 0 heterocycles. The Hall–Kier alpha value is -3.23. The summed E-state index contributed by atoms with van der Waals surface area (Å²) in [5, 5.41) is 6.73. The SMILES string of the molecule is CCCCCNc1cccc(Oc2ccc(S(=O)(=O)O)c(Oc3cccc(NCCCCC)c3)c2)c1. The number of hydrogen-bond acceptors (Lipinski definition) is 6. The molecule has 0 spiro atoms. The molecule has 0 atom stereocenters. The number of benzene rings is 3. The molecule has 0 aliphatic rings. The minimum atomic E-state index is -4.50. The van der Waals surface area contributed by atoms with E-state index in [2.05, 4.69) is 24.5 Å². The molecule has 0 aromatic heterocycles. The standard InChI is InChI=1S/C28H36N2O5S/c1-3-5-7-17-29-22-11-9-13-24(19-22)34-26-15-16-28(36(31,32)33)27(21-26)35-25-14-10-12-23(20-25)30-18-8-6-4-2/h9-16,19-21,29-30H,3-8,17-18H2,1-2H3,(H,31,32,33). The van der Waals surface area contributed by atoms with Crippen molar-refractivity contribution >= 4 is 21.5 Å². The highest BCUT2D eigenvalue weighted by atomic mass is 32.2. The van der Waals surface area contributed by atoms with Gasteiger partial charge < -0.3 is 20.1 Å². The van der Waals surface area contributed by atoms with E-state index in [0.717, 1.165) is 56.6 Å². The second-order valence-corrected chi connectivity index (χ2v) is 10.0. The maximum absolute atomic E-state index is 12.0. The van der Waals surface area contributed by atoms with Gasteiger partial charge in [0.2, 0.25) is 0 Å². The molecule has 0 aliphatic carbocycles. The molecule has 194 valence electrons. The summed E-state index contributed by atoms with van der Waals surface area (Å²) in [6, 6.07) is 19.1. The number of rotatable bonds is 15. The van der Waals surface area contributed by atoms with E-state index in [9.17, 15) is 13.0 Å². The lowest BCUT2D eigenvalue weighted by molar-refractivity contribution is 0.440. The minimum absolute atomic E-state index is 0.0213. The zero-order valence-corrected chi connectivity index (χ0v) is 21.8. The lowest BCUT2D eigenvalue weighted by Crippen LogP contribution is -2.03. The van der Waals surface area contributed by atoms with Crippen molar-refractivity contribution in [2.75, 3.05) is 23.7 Å². The topological polar surface area (TPSA) is 96.9 Å². The van der Waals surface area contributed by atoms with Crippen molar-refractivity contribution in [3.8, 4) is 23.0 Å². The smallest absolute Gasteiger partial charge is 0.298 e. The third kappa shape index (κ3) is 8.77. The van der Waals surface area contributed by atoms with Gasteiger partial charge in [0.15, 0.2) is 5.75 Å². The fourth-order valence-electron chi connectivity index (χ4n) is 3.66. The summed E-state index contributed by atoms with van der Waals surface area (Å²) in [6.45, 7) is 6.04. The molecule has 0 aliphatic heterocycles. The first-order chi connectivity index (χ1) is 17.4. The summed E-state index contributed by atoms with van der Waals surface area (Å²) in [5.74, 6) is 1.40. The summed E-state index contributed by atoms with van der Waals surface area (Å²) >= 11 is 0. The third-order valence-corrected chi connectivity index (χ3v) is 6.44. The number of ether oxygens (including phenoxy) is 2. The summed E-state index contributed by atoms with van der Waals surface area (Å²) in [4.78, 5) is -0.331. The first-order valence-corrected chi connectivity index (χ1v) is 14.0. The van der Waals surface area contributed by atoms with Crippen molar-refractivity contribution in [1.29, 1.82) is 0 Å². The van der Waals surface area contributed by atoms with Crippen molar-refractivity contribution in [2.24, 2.45) is 0 Å². The zero-order valence-electron chi connectivity index (χ0n) is 21.0. The average Bonchev–Trinajstić information content (AvgIpc) is 2.84. The molecule has 0 saturated carbocycles. The lowest BCUT2D eigenvalue weighted by atomic mass is 10.2. The Labute approximate surface area is 214 Å². The highest BCUT2D eigenvalue weighted by molar-refractivity contribution is 7.86. The second-order valence-electron chi connectivity index (χ2n) is 8.61.